The normalized spacial score (nSPS) is 17.7. The van der Waals surface area contributed by atoms with E-state index in [1.807, 2.05) is 42.7 Å². The standard InChI is InChI=1S/C21H20N2O6S/c1-11-7-14(8-18-19(24)23(21(26)30-18)13(3)20(25)27-4)12(2)22(11)15-5-6-16-17(9-15)29-10-28-16/h5-9,13H,10H2,1-4H3/b18-8+/t13-/m1/s1. The van der Waals surface area contributed by atoms with Crippen molar-refractivity contribution in [1.29, 1.82) is 0 Å². The third-order valence-electron chi connectivity index (χ3n) is 5.12. The monoisotopic (exact) mass is 428 g/mol. The van der Waals surface area contributed by atoms with Crippen LogP contribution in [0.3, 0.4) is 0 Å². The van der Waals surface area contributed by atoms with Gasteiger partial charge < -0.3 is 18.8 Å². The van der Waals surface area contributed by atoms with Gasteiger partial charge in [0.15, 0.2) is 11.5 Å². The van der Waals surface area contributed by atoms with Crippen molar-refractivity contribution in [1.82, 2.24) is 9.47 Å². The number of amides is 2. The molecule has 2 aliphatic rings. The van der Waals surface area contributed by atoms with Crippen molar-refractivity contribution in [3.8, 4) is 17.2 Å². The van der Waals surface area contributed by atoms with E-state index in [0.717, 1.165) is 39.3 Å². The molecule has 0 spiro atoms. The molecule has 1 atom stereocenters. The van der Waals surface area contributed by atoms with Crippen LogP contribution in [-0.2, 0) is 14.3 Å². The lowest BCUT2D eigenvalue weighted by Crippen LogP contribution is -2.42. The van der Waals surface area contributed by atoms with Gasteiger partial charge in [-0.25, -0.2) is 4.79 Å². The highest BCUT2D eigenvalue weighted by Gasteiger charge is 2.41. The molecule has 0 radical (unpaired) electrons. The van der Waals surface area contributed by atoms with Crippen LogP contribution in [0.15, 0.2) is 29.2 Å². The molecule has 3 heterocycles. The molecule has 1 aromatic heterocycles. The summed E-state index contributed by atoms with van der Waals surface area (Å²) in [7, 11) is 1.22. The van der Waals surface area contributed by atoms with E-state index in [1.165, 1.54) is 14.0 Å². The Morgan fingerprint density at radius 3 is 2.67 bits per heavy atom. The average molecular weight is 428 g/mol. The fourth-order valence-corrected chi connectivity index (χ4v) is 4.49. The van der Waals surface area contributed by atoms with Gasteiger partial charge in [-0.05, 0) is 62.4 Å². The Hall–Kier alpha value is -3.20. The van der Waals surface area contributed by atoms with Crippen LogP contribution in [0.1, 0.15) is 23.9 Å². The van der Waals surface area contributed by atoms with E-state index in [4.69, 9.17) is 9.47 Å². The third kappa shape index (κ3) is 3.24. The summed E-state index contributed by atoms with van der Waals surface area (Å²) in [5.74, 6) is 0.240. The van der Waals surface area contributed by atoms with Crippen molar-refractivity contribution in [3.63, 3.8) is 0 Å². The van der Waals surface area contributed by atoms with Crippen LogP contribution in [0.4, 0.5) is 4.79 Å². The molecular weight excluding hydrogens is 408 g/mol. The summed E-state index contributed by atoms with van der Waals surface area (Å²) < 4.78 is 17.5. The Morgan fingerprint density at radius 1 is 1.20 bits per heavy atom. The molecule has 4 rings (SSSR count). The SMILES string of the molecule is COC(=O)[C@@H](C)N1C(=O)S/C(=C/c2cc(C)n(-c3ccc4c(c3)OCO4)c2C)C1=O. The Bertz CT molecular complexity index is 1100. The molecular formula is C21H20N2O6S. The molecule has 156 valence electrons. The zero-order chi connectivity index (χ0) is 21.6. The minimum absolute atomic E-state index is 0.202. The summed E-state index contributed by atoms with van der Waals surface area (Å²) >= 11 is 0.814. The van der Waals surface area contributed by atoms with E-state index in [9.17, 15) is 14.4 Å². The first-order chi connectivity index (χ1) is 14.3. The number of rotatable bonds is 4. The van der Waals surface area contributed by atoms with E-state index in [0.29, 0.717) is 11.5 Å². The van der Waals surface area contributed by atoms with Gasteiger partial charge in [0.2, 0.25) is 6.79 Å². The number of benzene rings is 1. The van der Waals surface area contributed by atoms with Crippen LogP contribution in [0.5, 0.6) is 11.5 Å². The number of carbonyl (C=O) groups excluding carboxylic acids is 3. The molecule has 2 aliphatic heterocycles. The third-order valence-corrected chi connectivity index (χ3v) is 6.01. The number of aromatic nitrogens is 1. The molecule has 1 aromatic carbocycles. The molecule has 2 amide bonds. The van der Waals surface area contributed by atoms with Gasteiger partial charge in [0.25, 0.3) is 11.1 Å². The molecule has 0 N–H and O–H groups in total. The largest absolute Gasteiger partial charge is 0.467 e. The Labute approximate surface area is 177 Å². The molecule has 30 heavy (non-hydrogen) atoms. The van der Waals surface area contributed by atoms with Gasteiger partial charge in [-0.1, -0.05) is 0 Å². The number of hydrogen-bond acceptors (Lipinski definition) is 7. The van der Waals surface area contributed by atoms with Crippen LogP contribution in [0, 0.1) is 13.8 Å². The topological polar surface area (TPSA) is 87.1 Å². The van der Waals surface area contributed by atoms with Gasteiger partial charge in [0.05, 0.1) is 12.0 Å². The smallest absolute Gasteiger partial charge is 0.328 e. The lowest BCUT2D eigenvalue weighted by molar-refractivity contribution is -0.148. The molecule has 0 bridgehead atoms. The Kier molecular flexibility index (Phi) is 5.07. The van der Waals surface area contributed by atoms with Gasteiger partial charge in [-0.3, -0.25) is 14.5 Å². The van der Waals surface area contributed by atoms with Gasteiger partial charge in [0, 0.05) is 23.1 Å². The number of aryl methyl sites for hydroxylation is 1. The number of hydrogen-bond donors (Lipinski definition) is 0. The van der Waals surface area contributed by atoms with E-state index in [2.05, 4.69) is 4.74 Å². The summed E-state index contributed by atoms with van der Waals surface area (Å²) in [6.07, 6.45) is 1.68. The summed E-state index contributed by atoms with van der Waals surface area (Å²) in [4.78, 5) is 38.0. The number of methoxy groups -OCH3 is 1. The number of nitrogens with zero attached hydrogens (tertiary/aromatic N) is 2. The second kappa shape index (κ2) is 7.56. The number of imide groups is 1. The predicted molar refractivity (Wildman–Crippen MR) is 111 cm³/mol. The lowest BCUT2D eigenvalue weighted by Gasteiger charge is -2.18. The summed E-state index contributed by atoms with van der Waals surface area (Å²) in [6.45, 7) is 5.56. The fraction of sp³-hybridized carbons (Fsp3) is 0.286. The Morgan fingerprint density at radius 2 is 1.93 bits per heavy atom. The summed E-state index contributed by atoms with van der Waals surface area (Å²) in [5, 5.41) is -0.492. The van der Waals surface area contributed by atoms with Gasteiger partial charge in [0.1, 0.15) is 6.04 Å². The second-order valence-corrected chi connectivity index (χ2v) is 7.94. The first-order valence-electron chi connectivity index (χ1n) is 9.25. The highest BCUT2D eigenvalue weighted by molar-refractivity contribution is 8.18. The second-order valence-electron chi connectivity index (χ2n) is 6.95. The van der Waals surface area contributed by atoms with Crippen LogP contribution in [-0.4, -0.2) is 46.5 Å². The van der Waals surface area contributed by atoms with Crippen molar-refractivity contribution in [2.45, 2.75) is 26.8 Å². The molecule has 1 fully saturated rings. The molecule has 9 heteroatoms. The maximum absolute atomic E-state index is 12.8. The van der Waals surface area contributed by atoms with Crippen LogP contribution < -0.4 is 9.47 Å². The van der Waals surface area contributed by atoms with E-state index in [-0.39, 0.29) is 11.7 Å². The van der Waals surface area contributed by atoms with Crippen LogP contribution >= 0.6 is 11.8 Å². The minimum atomic E-state index is -0.977. The lowest BCUT2D eigenvalue weighted by atomic mass is 10.2. The summed E-state index contributed by atoms with van der Waals surface area (Å²) in [5.41, 5.74) is 3.57. The van der Waals surface area contributed by atoms with Gasteiger partial charge >= 0.3 is 5.97 Å². The van der Waals surface area contributed by atoms with Crippen molar-refractivity contribution >= 4 is 35.0 Å². The zero-order valence-corrected chi connectivity index (χ0v) is 17.7. The van der Waals surface area contributed by atoms with Crippen molar-refractivity contribution < 1.29 is 28.6 Å². The Balaban J connectivity index is 1.67. The summed E-state index contributed by atoms with van der Waals surface area (Å²) in [6, 6.07) is 6.66. The fourth-order valence-electron chi connectivity index (χ4n) is 3.59. The molecule has 0 aliphatic carbocycles. The maximum atomic E-state index is 12.8. The van der Waals surface area contributed by atoms with Crippen LogP contribution in [0.25, 0.3) is 11.8 Å². The first kappa shape index (κ1) is 20.1. The number of thioether (sulfide) groups is 1. The van der Waals surface area contributed by atoms with Crippen LogP contribution in [0.2, 0.25) is 0 Å². The van der Waals surface area contributed by atoms with Gasteiger partial charge in [-0.2, -0.15) is 0 Å². The number of fused-ring (bicyclic) bond motifs is 1. The highest BCUT2D eigenvalue weighted by Crippen LogP contribution is 2.37. The maximum Gasteiger partial charge on any atom is 0.328 e. The van der Waals surface area contributed by atoms with Crippen molar-refractivity contribution in [2.75, 3.05) is 13.9 Å². The first-order valence-corrected chi connectivity index (χ1v) is 10.1. The van der Waals surface area contributed by atoms with E-state index < -0.39 is 23.2 Å². The number of ether oxygens (including phenoxy) is 3. The zero-order valence-electron chi connectivity index (χ0n) is 16.9. The highest BCUT2D eigenvalue weighted by atomic mass is 32.2. The van der Waals surface area contributed by atoms with Crippen molar-refractivity contribution in [2.24, 2.45) is 0 Å². The minimum Gasteiger partial charge on any atom is -0.467 e. The molecule has 8 nitrogen and oxygen atoms in total. The number of carbonyl (C=O) groups is 3. The van der Waals surface area contributed by atoms with E-state index >= 15 is 0 Å². The van der Waals surface area contributed by atoms with E-state index in [1.54, 1.807) is 6.08 Å². The average Bonchev–Trinajstić information content (AvgIpc) is 3.37. The predicted octanol–water partition coefficient (Wildman–Crippen LogP) is 3.42. The van der Waals surface area contributed by atoms with Crippen molar-refractivity contribution in [3.05, 3.63) is 46.1 Å². The molecule has 2 aromatic rings. The quantitative estimate of drug-likeness (QED) is 0.545. The number of esters is 1. The molecule has 0 unspecified atom stereocenters. The molecule has 1 saturated heterocycles. The molecule has 0 saturated carbocycles. The van der Waals surface area contributed by atoms with Gasteiger partial charge in [-0.15, -0.1) is 0 Å².